The molecule has 7 rings (SSSR count). The molecule has 1 N–H and O–H groups in total. The molecule has 8 heteroatoms. The lowest BCUT2D eigenvalue weighted by Crippen LogP contribution is -2.49. The number of carbonyl (C=O) groups excluding carboxylic acids is 2. The third-order valence-corrected chi connectivity index (χ3v) is 11.1. The van der Waals surface area contributed by atoms with Gasteiger partial charge < -0.3 is 15.1 Å². The molecule has 4 aromatic rings. The Hall–Kier alpha value is -4.14. The minimum atomic E-state index is -0.714. The Bertz CT molecular complexity index is 1740. The molecule has 4 aromatic carbocycles. The maximum absolute atomic E-state index is 14.0. The van der Waals surface area contributed by atoms with Crippen LogP contribution in [0.4, 0.5) is 10.1 Å². The summed E-state index contributed by atoms with van der Waals surface area (Å²) in [6.07, 6.45) is 2.45. The van der Waals surface area contributed by atoms with Crippen molar-refractivity contribution in [2.45, 2.75) is 47.9 Å². The number of anilines is 1. The van der Waals surface area contributed by atoms with E-state index in [0.717, 1.165) is 95.3 Å². The smallest absolute Gasteiger partial charge is 0.254 e. The summed E-state index contributed by atoms with van der Waals surface area (Å²) < 4.78 is 13.8. The highest BCUT2D eigenvalue weighted by molar-refractivity contribution is 7.99. The second kappa shape index (κ2) is 13.5. The second-order valence-corrected chi connectivity index (χ2v) is 13.8. The third-order valence-electron chi connectivity index (χ3n) is 9.93. The first kappa shape index (κ1) is 31.5. The number of piperazine rings is 1. The number of halogens is 1. The lowest BCUT2D eigenvalue weighted by molar-refractivity contribution is -0.125. The monoisotopic (exact) mass is 648 g/mol. The molecule has 3 heterocycles. The summed E-state index contributed by atoms with van der Waals surface area (Å²) in [7, 11) is 0. The highest BCUT2D eigenvalue weighted by Crippen LogP contribution is 2.51. The first-order chi connectivity index (χ1) is 23.0. The fourth-order valence-electron chi connectivity index (χ4n) is 7.53. The minimum Gasteiger partial charge on any atom is -0.369 e. The lowest BCUT2D eigenvalue weighted by Gasteiger charge is -2.40. The lowest BCUT2D eigenvalue weighted by atomic mass is 9.70. The van der Waals surface area contributed by atoms with E-state index in [-0.39, 0.29) is 17.6 Å². The molecule has 0 spiro atoms. The summed E-state index contributed by atoms with van der Waals surface area (Å²) in [5.74, 6) is -0.179. The zero-order valence-corrected chi connectivity index (χ0v) is 27.7. The Morgan fingerprint density at radius 3 is 2.30 bits per heavy atom. The molecular weight excluding hydrogens is 608 g/mol. The number of fused-ring (bicyclic) bond motifs is 3. The van der Waals surface area contributed by atoms with Crippen LogP contribution in [0.2, 0.25) is 0 Å². The highest BCUT2D eigenvalue weighted by atomic mass is 32.2. The summed E-state index contributed by atoms with van der Waals surface area (Å²) in [5.41, 5.74) is 5.22. The van der Waals surface area contributed by atoms with Gasteiger partial charge in [-0.2, -0.15) is 0 Å². The fourth-order valence-corrected chi connectivity index (χ4v) is 8.76. The van der Waals surface area contributed by atoms with Gasteiger partial charge in [0.05, 0.1) is 0 Å². The minimum absolute atomic E-state index is 0.0151. The normalized spacial score (nSPS) is 17.1. The molecule has 0 aliphatic carbocycles. The van der Waals surface area contributed by atoms with E-state index in [1.807, 2.05) is 17.9 Å². The molecule has 3 aliphatic heterocycles. The average Bonchev–Trinajstić information content (AvgIpc) is 3.09. The van der Waals surface area contributed by atoms with Gasteiger partial charge in [-0.25, -0.2) is 4.39 Å². The predicted octanol–water partition coefficient (Wildman–Crippen LogP) is 6.51. The van der Waals surface area contributed by atoms with Crippen LogP contribution < -0.4 is 10.2 Å². The Morgan fingerprint density at radius 1 is 0.872 bits per heavy atom. The van der Waals surface area contributed by atoms with Crippen LogP contribution in [0, 0.1) is 5.82 Å². The molecule has 0 saturated carbocycles. The van der Waals surface area contributed by atoms with Crippen LogP contribution in [0.5, 0.6) is 0 Å². The van der Waals surface area contributed by atoms with Crippen LogP contribution in [0.25, 0.3) is 0 Å². The molecule has 47 heavy (non-hydrogen) atoms. The van der Waals surface area contributed by atoms with E-state index in [1.54, 1.807) is 17.8 Å². The number of carbonyl (C=O) groups is 2. The van der Waals surface area contributed by atoms with Gasteiger partial charge in [0.15, 0.2) is 0 Å². The summed E-state index contributed by atoms with van der Waals surface area (Å²) >= 11 is 1.76. The topological polar surface area (TPSA) is 55.9 Å². The van der Waals surface area contributed by atoms with Gasteiger partial charge in [-0.1, -0.05) is 66.4 Å². The van der Waals surface area contributed by atoms with E-state index in [1.165, 1.54) is 12.1 Å². The van der Waals surface area contributed by atoms with E-state index in [0.29, 0.717) is 19.6 Å². The Balaban J connectivity index is 1.01. The zero-order valence-electron chi connectivity index (χ0n) is 26.9. The SMILES string of the molecule is CCNC(=O)C1(CCCN2CCN(c3ccc4c(c3)C(=O)N(Cc3cccc(F)c3)CC4)CC2)c2ccccc2Sc2ccccc21. The molecule has 0 atom stereocenters. The van der Waals surface area contributed by atoms with Gasteiger partial charge in [-0.3, -0.25) is 14.5 Å². The van der Waals surface area contributed by atoms with Crippen LogP contribution in [0.15, 0.2) is 101 Å². The summed E-state index contributed by atoms with van der Waals surface area (Å²) in [4.78, 5) is 36.5. The van der Waals surface area contributed by atoms with Crippen molar-refractivity contribution in [3.8, 4) is 0 Å². The Labute approximate surface area is 281 Å². The third kappa shape index (κ3) is 6.17. The molecule has 3 aliphatic rings. The van der Waals surface area contributed by atoms with Crippen molar-refractivity contribution in [3.63, 3.8) is 0 Å². The van der Waals surface area contributed by atoms with Crippen molar-refractivity contribution in [2.75, 3.05) is 50.7 Å². The predicted molar refractivity (Wildman–Crippen MR) is 186 cm³/mol. The standard InChI is InChI=1S/C39H41FN4O2S/c1-2-41-38(46)39(33-11-3-5-13-35(33)47-36-14-6-4-12-34(36)39)18-8-19-42-21-23-43(24-22-42)31-16-15-29-17-20-44(37(45)32(29)26-31)27-28-9-7-10-30(40)25-28/h3-7,9-16,25-26H,2,8,17-24,27H2,1H3,(H,41,46). The number of amides is 2. The number of rotatable bonds is 9. The van der Waals surface area contributed by atoms with E-state index < -0.39 is 5.41 Å². The van der Waals surface area contributed by atoms with Gasteiger partial charge in [-0.15, -0.1) is 0 Å². The highest BCUT2D eigenvalue weighted by Gasteiger charge is 2.46. The average molecular weight is 649 g/mol. The molecule has 0 bridgehead atoms. The second-order valence-electron chi connectivity index (χ2n) is 12.7. The quantitative estimate of drug-likeness (QED) is 0.224. The Kier molecular flexibility index (Phi) is 9.06. The number of hydrogen-bond acceptors (Lipinski definition) is 5. The van der Waals surface area contributed by atoms with Crippen LogP contribution in [0.1, 0.15) is 52.4 Å². The van der Waals surface area contributed by atoms with Crippen LogP contribution >= 0.6 is 11.8 Å². The number of benzene rings is 4. The summed E-state index contributed by atoms with van der Waals surface area (Å²) in [6, 6.07) is 29.6. The Morgan fingerprint density at radius 2 is 1.60 bits per heavy atom. The van der Waals surface area contributed by atoms with Crippen molar-refractivity contribution in [3.05, 3.63) is 125 Å². The number of nitrogens with one attached hydrogen (secondary N) is 1. The van der Waals surface area contributed by atoms with E-state index in [4.69, 9.17) is 0 Å². The number of likely N-dealkylation sites (N-methyl/N-ethyl adjacent to an activating group) is 1. The van der Waals surface area contributed by atoms with Gasteiger partial charge >= 0.3 is 0 Å². The van der Waals surface area contributed by atoms with Gasteiger partial charge in [0.1, 0.15) is 11.2 Å². The van der Waals surface area contributed by atoms with Crippen LogP contribution in [-0.4, -0.2) is 67.4 Å². The first-order valence-electron chi connectivity index (χ1n) is 16.8. The molecular formula is C39H41FN4O2S. The van der Waals surface area contributed by atoms with Gasteiger partial charge in [0.25, 0.3) is 5.91 Å². The van der Waals surface area contributed by atoms with E-state index in [2.05, 4.69) is 81.8 Å². The van der Waals surface area contributed by atoms with Gasteiger partial charge in [0.2, 0.25) is 5.91 Å². The van der Waals surface area contributed by atoms with Crippen molar-refractivity contribution in [1.82, 2.24) is 15.1 Å². The van der Waals surface area contributed by atoms with Crippen molar-refractivity contribution in [2.24, 2.45) is 0 Å². The molecule has 0 aromatic heterocycles. The van der Waals surface area contributed by atoms with Gasteiger partial charge in [0, 0.05) is 66.9 Å². The molecule has 0 radical (unpaired) electrons. The van der Waals surface area contributed by atoms with Crippen LogP contribution in [-0.2, 0) is 23.2 Å². The molecule has 1 saturated heterocycles. The maximum Gasteiger partial charge on any atom is 0.254 e. The van der Waals surface area contributed by atoms with E-state index in [9.17, 15) is 14.0 Å². The molecule has 0 unspecified atom stereocenters. The van der Waals surface area contributed by atoms with Crippen molar-refractivity contribution < 1.29 is 14.0 Å². The number of nitrogens with zero attached hydrogens (tertiary/aromatic N) is 3. The number of hydrogen-bond donors (Lipinski definition) is 1. The summed E-state index contributed by atoms with van der Waals surface area (Å²) in [6.45, 7) is 8.16. The van der Waals surface area contributed by atoms with Crippen molar-refractivity contribution in [1.29, 1.82) is 0 Å². The molecule has 6 nitrogen and oxygen atoms in total. The largest absolute Gasteiger partial charge is 0.369 e. The maximum atomic E-state index is 14.0. The first-order valence-corrected chi connectivity index (χ1v) is 17.6. The fraction of sp³-hybridized carbons (Fsp3) is 0.333. The zero-order chi connectivity index (χ0) is 32.4. The molecule has 1 fully saturated rings. The summed E-state index contributed by atoms with van der Waals surface area (Å²) in [5, 5.41) is 3.18. The molecule has 242 valence electrons. The van der Waals surface area contributed by atoms with Gasteiger partial charge in [-0.05, 0) is 91.4 Å². The van der Waals surface area contributed by atoms with Crippen molar-refractivity contribution >= 4 is 29.3 Å². The molecule has 2 amide bonds. The van der Waals surface area contributed by atoms with Crippen LogP contribution in [0.3, 0.4) is 0 Å². The van der Waals surface area contributed by atoms with E-state index >= 15 is 0 Å².